The van der Waals surface area contributed by atoms with Crippen LogP contribution in [-0.2, 0) is 11.2 Å². The van der Waals surface area contributed by atoms with Gasteiger partial charge in [0.1, 0.15) is 5.78 Å². The van der Waals surface area contributed by atoms with Gasteiger partial charge in [-0.25, -0.2) is 0 Å². The number of ketones is 1. The van der Waals surface area contributed by atoms with Crippen molar-refractivity contribution < 1.29 is 4.79 Å². The Morgan fingerprint density at radius 3 is 2.69 bits per heavy atom. The van der Waals surface area contributed by atoms with Crippen LogP contribution in [0.4, 0.5) is 0 Å². The van der Waals surface area contributed by atoms with E-state index in [1.54, 1.807) is 0 Å². The average Bonchev–Trinajstić information content (AvgIpc) is 2.24. The largest absolute Gasteiger partial charge is 0.298 e. The first-order valence-corrected chi connectivity index (χ1v) is 7.17. The lowest BCUT2D eigenvalue weighted by atomic mass is 10.0. The fourth-order valence-corrected chi connectivity index (χ4v) is 2.52. The summed E-state index contributed by atoms with van der Waals surface area (Å²) in [5.41, 5.74) is 2.40. The van der Waals surface area contributed by atoms with Gasteiger partial charge in [-0.3, -0.25) is 4.79 Å². The fraction of sp³-hybridized carbons (Fsp3) is 0.462. The Kier molecular flexibility index (Phi) is 5.70. The van der Waals surface area contributed by atoms with E-state index in [1.165, 1.54) is 11.1 Å². The van der Waals surface area contributed by atoms with E-state index in [0.29, 0.717) is 12.2 Å². The van der Waals surface area contributed by atoms with Crippen LogP contribution < -0.4 is 0 Å². The predicted octanol–water partition coefficient (Wildman–Crippen LogP) is 4.43. The molecule has 0 aromatic heterocycles. The number of hydrogen-bond acceptors (Lipinski definition) is 1. The van der Waals surface area contributed by atoms with Crippen LogP contribution in [-0.4, -0.2) is 10.6 Å². The number of halogens is 2. The number of aryl methyl sites for hydroxylation is 1. The van der Waals surface area contributed by atoms with Crippen molar-refractivity contribution in [3.05, 3.63) is 33.8 Å². The van der Waals surface area contributed by atoms with Crippen LogP contribution in [0.25, 0.3) is 0 Å². The molecule has 16 heavy (non-hydrogen) atoms. The van der Waals surface area contributed by atoms with E-state index in [2.05, 4.69) is 57.0 Å². The third-order valence-corrected chi connectivity index (χ3v) is 4.19. The molecular formula is C13H16Br2O. The summed E-state index contributed by atoms with van der Waals surface area (Å²) in [6, 6.07) is 6.24. The zero-order chi connectivity index (χ0) is 12.1. The second-order valence-electron chi connectivity index (χ2n) is 3.97. The number of Topliss-reactive ketones (excluding diaryl/α,β-unsaturated/α-hetero) is 1. The maximum Gasteiger partial charge on any atom is 0.146 e. The van der Waals surface area contributed by atoms with Crippen LogP contribution in [0.15, 0.2) is 22.7 Å². The highest BCUT2D eigenvalue weighted by atomic mass is 79.9. The summed E-state index contributed by atoms with van der Waals surface area (Å²) >= 11 is 6.96. The van der Waals surface area contributed by atoms with Crippen LogP contribution in [0.5, 0.6) is 0 Å². The molecule has 0 aliphatic heterocycles. The molecule has 0 bridgehead atoms. The van der Waals surface area contributed by atoms with Crippen molar-refractivity contribution in [3.8, 4) is 0 Å². The van der Waals surface area contributed by atoms with Crippen molar-refractivity contribution in [3.63, 3.8) is 0 Å². The monoisotopic (exact) mass is 346 g/mol. The number of carbonyl (C=O) groups excluding carboxylic acids is 1. The van der Waals surface area contributed by atoms with Crippen molar-refractivity contribution in [1.29, 1.82) is 0 Å². The Balaban J connectivity index is 2.66. The molecule has 1 aromatic rings. The number of hydrogen-bond donors (Lipinski definition) is 0. The molecule has 0 fully saturated rings. The highest BCUT2D eigenvalue weighted by Gasteiger charge is 2.14. The molecule has 0 saturated carbocycles. The first kappa shape index (κ1) is 13.9. The minimum absolute atomic E-state index is 0.0537. The SMILES string of the molecule is CCCC(=O)C(Br)Cc1ccc(C)c(Br)c1. The Hall–Kier alpha value is -0.150. The van der Waals surface area contributed by atoms with Gasteiger partial charge in [0, 0.05) is 10.9 Å². The zero-order valence-electron chi connectivity index (χ0n) is 9.59. The van der Waals surface area contributed by atoms with Gasteiger partial charge in [-0.05, 0) is 37.0 Å². The lowest BCUT2D eigenvalue weighted by Gasteiger charge is -2.09. The minimum Gasteiger partial charge on any atom is -0.298 e. The summed E-state index contributed by atoms with van der Waals surface area (Å²) in [5, 5.41) is 0. The van der Waals surface area contributed by atoms with Crippen LogP contribution in [0.2, 0.25) is 0 Å². The predicted molar refractivity (Wildman–Crippen MR) is 75.2 cm³/mol. The molecule has 0 spiro atoms. The molecule has 0 N–H and O–H groups in total. The lowest BCUT2D eigenvalue weighted by molar-refractivity contribution is -0.118. The van der Waals surface area contributed by atoms with E-state index in [1.807, 2.05) is 6.92 Å². The molecule has 0 amide bonds. The third kappa shape index (κ3) is 4.02. The molecule has 3 heteroatoms. The molecule has 0 saturated heterocycles. The minimum atomic E-state index is -0.0537. The second kappa shape index (κ2) is 6.55. The van der Waals surface area contributed by atoms with Crippen molar-refractivity contribution in [2.75, 3.05) is 0 Å². The number of alkyl halides is 1. The molecular weight excluding hydrogens is 332 g/mol. The van der Waals surface area contributed by atoms with Crippen LogP contribution in [0.1, 0.15) is 30.9 Å². The molecule has 0 aliphatic carbocycles. The first-order valence-electron chi connectivity index (χ1n) is 5.46. The third-order valence-electron chi connectivity index (χ3n) is 2.50. The van der Waals surface area contributed by atoms with Crippen molar-refractivity contribution >= 4 is 37.6 Å². The van der Waals surface area contributed by atoms with E-state index in [9.17, 15) is 4.79 Å². The molecule has 0 aliphatic rings. The summed E-state index contributed by atoms with van der Waals surface area (Å²) in [4.78, 5) is 11.6. The number of benzene rings is 1. The molecule has 0 radical (unpaired) electrons. The Morgan fingerprint density at radius 1 is 1.44 bits per heavy atom. The van der Waals surface area contributed by atoms with Gasteiger partial charge < -0.3 is 0 Å². The van der Waals surface area contributed by atoms with Crippen LogP contribution in [0.3, 0.4) is 0 Å². The smallest absolute Gasteiger partial charge is 0.146 e. The normalized spacial score (nSPS) is 12.5. The van der Waals surface area contributed by atoms with Gasteiger partial charge in [0.05, 0.1) is 4.83 Å². The van der Waals surface area contributed by atoms with Gasteiger partial charge in [-0.15, -0.1) is 0 Å². The lowest BCUT2D eigenvalue weighted by Crippen LogP contribution is -2.16. The average molecular weight is 348 g/mol. The Morgan fingerprint density at radius 2 is 2.12 bits per heavy atom. The summed E-state index contributed by atoms with van der Waals surface area (Å²) in [5.74, 6) is 0.291. The van der Waals surface area contributed by atoms with Gasteiger partial charge in [0.25, 0.3) is 0 Å². The summed E-state index contributed by atoms with van der Waals surface area (Å²) in [7, 11) is 0. The molecule has 1 rings (SSSR count). The Labute approximate surface area is 114 Å². The van der Waals surface area contributed by atoms with Gasteiger partial charge in [0.15, 0.2) is 0 Å². The van der Waals surface area contributed by atoms with Crippen molar-refractivity contribution in [2.45, 2.75) is 37.9 Å². The van der Waals surface area contributed by atoms with Crippen LogP contribution in [0, 0.1) is 6.92 Å². The van der Waals surface area contributed by atoms with Crippen molar-refractivity contribution in [1.82, 2.24) is 0 Å². The highest BCUT2D eigenvalue weighted by Crippen LogP contribution is 2.20. The van der Waals surface area contributed by atoms with E-state index < -0.39 is 0 Å². The second-order valence-corrected chi connectivity index (χ2v) is 5.93. The van der Waals surface area contributed by atoms with E-state index in [0.717, 1.165) is 17.3 Å². The van der Waals surface area contributed by atoms with Gasteiger partial charge in [0.2, 0.25) is 0 Å². The summed E-state index contributed by atoms with van der Waals surface area (Å²) < 4.78 is 1.10. The van der Waals surface area contributed by atoms with Crippen LogP contribution >= 0.6 is 31.9 Å². The van der Waals surface area contributed by atoms with Gasteiger partial charge in [-0.2, -0.15) is 0 Å². The fourth-order valence-electron chi connectivity index (χ4n) is 1.49. The summed E-state index contributed by atoms with van der Waals surface area (Å²) in [6.45, 7) is 4.09. The first-order chi connectivity index (χ1) is 7.54. The molecule has 1 unspecified atom stereocenters. The maximum absolute atomic E-state index is 11.6. The number of carbonyl (C=O) groups is 1. The highest BCUT2D eigenvalue weighted by molar-refractivity contribution is 9.10. The number of rotatable bonds is 5. The molecule has 1 aromatic carbocycles. The van der Waals surface area contributed by atoms with Crippen molar-refractivity contribution in [2.24, 2.45) is 0 Å². The topological polar surface area (TPSA) is 17.1 Å². The standard InChI is InChI=1S/C13H16Br2O/c1-3-4-13(16)12(15)8-10-6-5-9(2)11(14)7-10/h5-7,12H,3-4,8H2,1-2H3. The quantitative estimate of drug-likeness (QED) is 0.720. The molecule has 1 nitrogen and oxygen atoms in total. The van der Waals surface area contributed by atoms with E-state index in [-0.39, 0.29) is 4.83 Å². The molecule has 0 heterocycles. The maximum atomic E-state index is 11.6. The van der Waals surface area contributed by atoms with Gasteiger partial charge in [-0.1, -0.05) is 50.9 Å². The van der Waals surface area contributed by atoms with E-state index >= 15 is 0 Å². The van der Waals surface area contributed by atoms with E-state index in [4.69, 9.17) is 0 Å². The summed E-state index contributed by atoms with van der Waals surface area (Å²) in [6.07, 6.45) is 2.33. The molecule has 88 valence electrons. The Bertz CT molecular complexity index is 374. The van der Waals surface area contributed by atoms with Gasteiger partial charge >= 0.3 is 0 Å². The molecule has 1 atom stereocenters. The zero-order valence-corrected chi connectivity index (χ0v) is 12.8.